The van der Waals surface area contributed by atoms with Crippen LogP contribution in [0, 0.1) is 0 Å². The van der Waals surface area contributed by atoms with Crippen molar-refractivity contribution in [2.75, 3.05) is 0 Å². The maximum absolute atomic E-state index is 12.6. The van der Waals surface area contributed by atoms with Gasteiger partial charge in [-0.15, -0.1) is 5.10 Å². The van der Waals surface area contributed by atoms with Crippen molar-refractivity contribution in [3.05, 3.63) is 94.3 Å². The SMILES string of the molecule is O=C(OCn1nnc2ccccc2c1=O)c1cc(S(=O)(=O)NCc2ccccc2)ccc1O. The lowest BCUT2D eigenvalue weighted by molar-refractivity contribution is 0.0332. The van der Waals surface area contributed by atoms with Gasteiger partial charge < -0.3 is 9.84 Å². The molecule has 0 aliphatic rings. The number of carbonyl (C=O) groups excluding carboxylic acids is 1. The quantitative estimate of drug-likeness (QED) is 0.393. The molecule has 0 unspecified atom stereocenters. The van der Waals surface area contributed by atoms with E-state index in [1.807, 2.05) is 6.07 Å². The first-order chi connectivity index (χ1) is 15.8. The van der Waals surface area contributed by atoms with Gasteiger partial charge in [0.1, 0.15) is 16.8 Å². The highest BCUT2D eigenvalue weighted by Gasteiger charge is 2.20. The van der Waals surface area contributed by atoms with Gasteiger partial charge >= 0.3 is 5.97 Å². The minimum atomic E-state index is -3.98. The summed E-state index contributed by atoms with van der Waals surface area (Å²) >= 11 is 0. The number of phenols is 1. The van der Waals surface area contributed by atoms with Crippen LogP contribution >= 0.6 is 0 Å². The molecule has 1 heterocycles. The van der Waals surface area contributed by atoms with Crippen LogP contribution in [0.1, 0.15) is 15.9 Å². The zero-order chi connectivity index (χ0) is 23.4. The van der Waals surface area contributed by atoms with Crippen LogP contribution in [-0.2, 0) is 28.0 Å². The summed E-state index contributed by atoms with van der Waals surface area (Å²) in [5, 5.41) is 18.0. The van der Waals surface area contributed by atoms with Gasteiger partial charge in [0.2, 0.25) is 10.0 Å². The molecule has 0 amide bonds. The van der Waals surface area contributed by atoms with Crippen molar-refractivity contribution in [3.8, 4) is 5.75 Å². The predicted molar refractivity (Wildman–Crippen MR) is 118 cm³/mol. The predicted octanol–water partition coefficient (Wildman–Crippen LogP) is 1.79. The number of phenolic OH excluding ortho intramolecular Hbond substituents is 1. The van der Waals surface area contributed by atoms with Crippen molar-refractivity contribution in [2.24, 2.45) is 0 Å². The first kappa shape index (κ1) is 22.1. The number of esters is 1. The van der Waals surface area contributed by atoms with Crippen molar-refractivity contribution in [3.63, 3.8) is 0 Å². The van der Waals surface area contributed by atoms with E-state index < -0.39 is 34.0 Å². The number of carbonyl (C=O) groups is 1. The Morgan fingerprint density at radius 1 is 1.03 bits per heavy atom. The number of hydrogen-bond donors (Lipinski definition) is 2. The molecule has 4 aromatic rings. The van der Waals surface area contributed by atoms with Crippen LogP contribution in [0.15, 0.2) is 82.5 Å². The number of sulfonamides is 1. The second-order valence-electron chi connectivity index (χ2n) is 6.96. The average molecular weight is 466 g/mol. The number of benzene rings is 3. The number of aromatic nitrogens is 3. The minimum Gasteiger partial charge on any atom is -0.507 e. The summed E-state index contributed by atoms with van der Waals surface area (Å²) < 4.78 is 33.6. The molecule has 0 aliphatic heterocycles. The fourth-order valence-electron chi connectivity index (χ4n) is 3.01. The van der Waals surface area contributed by atoms with E-state index in [1.165, 1.54) is 6.07 Å². The number of aromatic hydroxyl groups is 1. The molecule has 0 radical (unpaired) electrons. The van der Waals surface area contributed by atoms with Crippen molar-refractivity contribution in [1.29, 1.82) is 0 Å². The van der Waals surface area contributed by atoms with Crippen molar-refractivity contribution >= 4 is 26.9 Å². The molecule has 10 nitrogen and oxygen atoms in total. The van der Waals surface area contributed by atoms with Gasteiger partial charge in [-0.05, 0) is 35.9 Å². The Bertz CT molecular complexity index is 1490. The lowest BCUT2D eigenvalue weighted by Gasteiger charge is -2.10. The Balaban J connectivity index is 1.51. The van der Waals surface area contributed by atoms with E-state index in [9.17, 15) is 23.1 Å². The Kier molecular flexibility index (Phi) is 6.16. The van der Waals surface area contributed by atoms with Gasteiger partial charge in [-0.3, -0.25) is 4.79 Å². The van der Waals surface area contributed by atoms with Crippen molar-refractivity contribution in [1.82, 2.24) is 19.7 Å². The third-order valence-electron chi connectivity index (χ3n) is 4.75. The van der Waals surface area contributed by atoms with Crippen LogP contribution in [0.4, 0.5) is 0 Å². The largest absolute Gasteiger partial charge is 0.507 e. The Morgan fingerprint density at radius 3 is 2.55 bits per heavy atom. The summed E-state index contributed by atoms with van der Waals surface area (Å²) in [6.45, 7) is -0.522. The van der Waals surface area contributed by atoms with Crippen LogP contribution in [0.3, 0.4) is 0 Å². The maximum atomic E-state index is 12.6. The maximum Gasteiger partial charge on any atom is 0.343 e. The van der Waals surface area contributed by atoms with Crippen LogP contribution in [0.5, 0.6) is 5.75 Å². The number of nitrogens with zero attached hydrogens (tertiary/aromatic N) is 3. The third kappa shape index (κ3) is 4.89. The van der Waals surface area contributed by atoms with Crippen LogP contribution in [0.2, 0.25) is 0 Å². The standard InChI is InChI=1S/C22H18N4O6S/c27-20-11-10-16(33(30,31)23-13-15-6-2-1-3-7-15)12-18(20)22(29)32-14-26-21(28)17-8-4-5-9-19(17)24-25-26/h1-12,23,27H,13-14H2. The van der Waals surface area contributed by atoms with Gasteiger partial charge in [0.05, 0.1) is 10.3 Å². The van der Waals surface area contributed by atoms with E-state index in [1.54, 1.807) is 48.5 Å². The monoisotopic (exact) mass is 466 g/mol. The lowest BCUT2D eigenvalue weighted by atomic mass is 10.2. The molecule has 0 saturated heterocycles. The van der Waals surface area contributed by atoms with Crippen LogP contribution in [-0.4, -0.2) is 34.5 Å². The summed E-state index contributed by atoms with van der Waals surface area (Å²) in [6.07, 6.45) is 0. The molecule has 0 bridgehead atoms. The molecule has 168 valence electrons. The number of nitrogens with one attached hydrogen (secondary N) is 1. The molecule has 0 saturated carbocycles. The molecule has 0 spiro atoms. The highest BCUT2D eigenvalue weighted by molar-refractivity contribution is 7.89. The van der Waals surface area contributed by atoms with Gasteiger partial charge in [0.25, 0.3) is 5.56 Å². The van der Waals surface area contributed by atoms with Crippen molar-refractivity contribution < 1.29 is 23.1 Å². The van der Waals surface area contributed by atoms with Crippen LogP contribution < -0.4 is 10.3 Å². The van der Waals surface area contributed by atoms with E-state index in [-0.39, 0.29) is 17.0 Å². The van der Waals surface area contributed by atoms with Gasteiger partial charge in [-0.1, -0.05) is 47.7 Å². The fraction of sp³-hybridized carbons (Fsp3) is 0.0909. The average Bonchev–Trinajstić information content (AvgIpc) is 2.83. The fourth-order valence-corrected chi connectivity index (χ4v) is 4.05. The molecule has 1 aromatic heterocycles. The molecule has 4 rings (SSSR count). The zero-order valence-corrected chi connectivity index (χ0v) is 17.9. The summed E-state index contributed by atoms with van der Waals surface area (Å²) in [4.78, 5) is 24.7. The molecule has 3 aromatic carbocycles. The Labute approximate surface area is 188 Å². The summed E-state index contributed by atoms with van der Waals surface area (Å²) in [5.41, 5.74) is 0.253. The second kappa shape index (κ2) is 9.18. The van der Waals surface area contributed by atoms with E-state index >= 15 is 0 Å². The summed E-state index contributed by atoms with van der Waals surface area (Å²) in [5.74, 6) is -1.51. The van der Waals surface area contributed by atoms with E-state index in [2.05, 4.69) is 15.0 Å². The summed E-state index contributed by atoms with van der Waals surface area (Å²) in [6, 6.07) is 18.7. The number of hydrogen-bond acceptors (Lipinski definition) is 8. The normalized spacial score (nSPS) is 11.4. The molecule has 11 heteroatoms. The van der Waals surface area contributed by atoms with E-state index in [0.29, 0.717) is 10.9 Å². The minimum absolute atomic E-state index is 0.0490. The zero-order valence-electron chi connectivity index (χ0n) is 17.1. The van der Waals surface area contributed by atoms with Gasteiger partial charge in [-0.2, -0.15) is 4.68 Å². The molecular formula is C22H18N4O6S. The molecule has 0 aliphatic carbocycles. The summed E-state index contributed by atoms with van der Waals surface area (Å²) in [7, 11) is -3.98. The molecule has 0 atom stereocenters. The molecular weight excluding hydrogens is 448 g/mol. The van der Waals surface area contributed by atoms with Gasteiger partial charge in [0, 0.05) is 6.54 Å². The van der Waals surface area contributed by atoms with E-state index in [4.69, 9.17) is 4.74 Å². The second-order valence-corrected chi connectivity index (χ2v) is 8.73. The molecule has 2 N–H and O–H groups in total. The first-order valence-corrected chi connectivity index (χ1v) is 11.2. The Hall–Kier alpha value is -4.09. The highest BCUT2D eigenvalue weighted by atomic mass is 32.2. The van der Waals surface area contributed by atoms with Gasteiger partial charge in [0.15, 0.2) is 6.73 Å². The first-order valence-electron chi connectivity index (χ1n) is 9.71. The topological polar surface area (TPSA) is 140 Å². The lowest BCUT2D eigenvalue weighted by Crippen LogP contribution is -2.27. The van der Waals surface area contributed by atoms with Crippen molar-refractivity contribution in [2.45, 2.75) is 18.2 Å². The molecule has 33 heavy (non-hydrogen) atoms. The molecule has 0 fully saturated rings. The highest BCUT2D eigenvalue weighted by Crippen LogP contribution is 2.22. The van der Waals surface area contributed by atoms with Gasteiger partial charge in [-0.25, -0.2) is 17.9 Å². The third-order valence-corrected chi connectivity index (χ3v) is 6.15. The van der Waals surface area contributed by atoms with Crippen LogP contribution in [0.25, 0.3) is 10.9 Å². The Morgan fingerprint density at radius 2 is 1.76 bits per heavy atom. The van der Waals surface area contributed by atoms with E-state index in [0.717, 1.165) is 22.4 Å². The number of fused-ring (bicyclic) bond motifs is 1. The smallest absolute Gasteiger partial charge is 0.343 e. The number of ether oxygens (including phenoxy) is 1. The number of rotatable bonds is 7.